The molecule has 0 aromatic carbocycles. The smallest absolute Gasteiger partial charge is 0.293 e. The average molecular weight is 142 g/mol. The highest BCUT2D eigenvalue weighted by Crippen LogP contribution is 2.36. The Labute approximate surface area is 58.9 Å². The lowest BCUT2D eigenvalue weighted by molar-refractivity contribution is -0.145. The van der Waals surface area contributed by atoms with Crippen LogP contribution in [0, 0.1) is 0 Å². The first-order valence-corrected chi connectivity index (χ1v) is 3.44. The fourth-order valence-electron chi connectivity index (χ4n) is 1.57. The Kier molecular flexibility index (Phi) is 1.18. The highest BCUT2D eigenvalue weighted by atomic mass is 16.5. The van der Waals surface area contributed by atoms with Crippen molar-refractivity contribution in [1.29, 1.82) is 0 Å². The monoisotopic (exact) mass is 142 g/mol. The van der Waals surface area contributed by atoms with E-state index in [0.29, 0.717) is 6.47 Å². The number of hydrogen-bond donors (Lipinski definition) is 2. The summed E-state index contributed by atoms with van der Waals surface area (Å²) in [5.74, 6) is 0. The van der Waals surface area contributed by atoms with E-state index < -0.39 is 0 Å². The van der Waals surface area contributed by atoms with Crippen molar-refractivity contribution >= 4 is 6.47 Å². The van der Waals surface area contributed by atoms with E-state index in [1.54, 1.807) is 0 Å². The van der Waals surface area contributed by atoms with Crippen LogP contribution in [0.25, 0.3) is 0 Å². The van der Waals surface area contributed by atoms with Crippen molar-refractivity contribution in [2.45, 2.75) is 24.5 Å². The van der Waals surface area contributed by atoms with Crippen molar-refractivity contribution in [3.05, 3.63) is 0 Å². The standard InChI is InChI=1S/C6H10N2O2/c9-4-10-5-1-6(2-5)3-7-8-6/h4-5,7-8H,1-3H2. The number of hydrogen-bond acceptors (Lipinski definition) is 4. The molecule has 10 heavy (non-hydrogen) atoms. The van der Waals surface area contributed by atoms with Crippen LogP contribution in [0.1, 0.15) is 12.8 Å². The predicted molar refractivity (Wildman–Crippen MR) is 34.0 cm³/mol. The van der Waals surface area contributed by atoms with Crippen LogP contribution in [-0.4, -0.2) is 24.7 Å². The molecule has 1 aliphatic carbocycles. The molecule has 1 saturated carbocycles. The molecule has 1 saturated heterocycles. The van der Waals surface area contributed by atoms with Gasteiger partial charge in [0.15, 0.2) is 0 Å². The largest absolute Gasteiger partial charge is 0.464 e. The van der Waals surface area contributed by atoms with Crippen molar-refractivity contribution in [3.8, 4) is 0 Å². The second-order valence-electron chi connectivity index (χ2n) is 3.02. The van der Waals surface area contributed by atoms with Crippen molar-refractivity contribution < 1.29 is 9.53 Å². The van der Waals surface area contributed by atoms with Crippen LogP contribution in [0.15, 0.2) is 0 Å². The lowest BCUT2D eigenvalue weighted by Crippen LogP contribution is -2.76. The molecule has 1 heterocycles. The molecule has 1 aliphatic heterocycles. The topological polar surface area (TPSA) is 50.4 Å². The van der Waals surface area contributed by atoms with Gasteiger partial charge in [0.25, 0.3) is 6.47 Å². The molecule has 0 aromatic heterocycles. The van der Waals surface area contributed by atoms with E-state index >= 15 is 0 Å². The van der Waals surface area contributed by atoms with Gasteiger partial charge in [-0.15, -0.1) is 0 Å². The first kappa shape index (κ1) is 6.12. The van der Waals surface area contributed by atoms with Gasteiger partial charge in [-0.2, -0.15) is 0 Å². The molecule has 4 heteroatoms. The molecule has 2 aliphatic rings. The maximum atomic E-state index is 9.87. The van der Waals surface area contributed by atoms with Gasteiger partial charge >= 0.3 is 0 Å². The fourth-order valence-corrected chi connectivity index (χ4v) is 1.57. The van der Waals surface area contributed by atoms with Gasteiger partial charge < -0.3 is 4.74 Å². The van der Waals surface area contributed by atoms with Crippen LogP contribution in [-0.2, 0) is 9.53 Å². The first-order chi connectivity index (χ1) is 4.85. The lowest BCUT2D eigenvalue weighted by atomic mass is 9.73. The van der Waals surface area contributed by atoms with Crippen LogP contribution in [0.2, 0.25) is 0 Å². The Morgan fingerprint density at radius 2 is 2.30 bits per heavy atom. The van der Waals surface area contributed by atoms with Gasteiger partial charge in [-0.25, -0.2) is 0 Å². The van der Waals surface area contributed by atoms with E-state index in [-0.39, 0.29) is 11.6 Å². The highest BCUT2D eigenvalue weighted by Gasteiger charge is 2.49. The van der Waals surface area contributed by atoms with Gasteiger partial charge in [0.05, 0.1) is 5.54 Å². The predicted octanol–water partition coefficient (Wildman–Crippen LogP) is -0.832. The third-order valence-electron chi connectivity index (χ3n) is 2.27. The van der Waals surface area contributed by atoms with Gasteiger partial charge in [0.1, 0.15) is 6.10 Å². The molecule has 0 unspecified atom stereocenters. The number of carbonyl (C=O) groups excluding carboxylic acids is 1. The maximum absolute atomic E-state index is 9.87. The fraction of sp³-hybridized carbons (Fsp3) is 0.833. The zero-order valence-corrected chi connectivity index (χ0v) is 5.59. The Hall–Kier alpha value is -0.610. The van der Waals surface area contributed by atoms with Gasteiger partial charge in [0, 0.05) is 19.4 Å². The van der Waals surface area contributed by atoms with E-state index in [1.165, 1.54) is 0 Å². The molecule has 4 nitrogen and oxygen atoms in total. The zero-order valence-electron chi connectivity index (χ0n) is 5.59. The molecule has 0 bridgehead atoms. The third kappa shape index (κ3) is 0.726. The molecule has 0 atom stereocenters. The summed E-state index contributed by atoms with van der Waals surface area (Å²) in [6, 6.07) is 0. The summed E-state index contributed by atoms with van der Waals surface area (Å²) in [6.45, 7) is 1.54. The molecular weight excluding hydrogens is 132 g/mol. The van der Waals surface area contributed by atoms with Crippen molar-refractivity contribution in [3.63, 3.8) is 0 Å². The Balaban J connectivity index is 1.77. The van der Waals surface area contributed by atoms with Gasteiger partial charge in [-0.05, 0) is 0 Å². The second kappa shape index (κ2) is 1.93. The summed E-state index contributed by atoms with van der Waals surface area (Å²) in [5.41, 5.74) is 6.34. The van der Waals surface area contributed by atoms with E-state index in [0.717, 1.165) is 19.4 Å². The number of nitrogens with one attached hydrogen (secondary N) is 2. The minimum atomic E-state index is 0.159. The molecule has 2 rings (SSSR count). The number of hydrazine groups is 1. The molecule has 2 fully saturated rings. The first-order valence-electron chi connectivity index (χ1n) is 3.44. The number of ether oxygens (including phenoxy) is 1. The number of carbonyl (C=O) groups is 1. The van der Waals surface area contributed by atoms with Crippen LogP contribution < -0.4 is 10.9 Å². The summed E-state index contributed by atoms with van der Waals surface area (Å²) < 4.78 is 4.76. The molecular formula is C6H10N2O2. The van der Waals surface area contributed by atoms with Crippen LogP contribution in [0.3, 0.4) is 0 Å². The molecule has 0 radical (unpaired) electrons. The van der Waals surface area contributed by atoms with E-state index in [2.05, 4.69) is 10.9 Å². The Morgan fingerprint density at radius 1 is 1.60 bits per heavy atom. The SMILES string of the molecule is O=COC1CC2(CNN2)C1. The van der Waals surface area contributed by atoms with Crippen molar-refractivity contribution in [2.24, 2.45) is 0 Å². The summed E-state index contributed by atoms with van der Waals surface area (Å²) in [7, 11) is 0. The van der Waals surface area contributed by atoms with Crippen molar-refractivity contribution in [2.75, 3.05) is 6.54 Å². The van der Waals surface area contributed by atoms with Gasteiger partial charge in [0.2, 0.25) is 0 Å². The van der Waals surface area contributed by atoms with Crippen LogP contribution in [0.4, 0.5) is 0 Å². The van der Waals surface area contributed by atoms with E-state index in [4.69, 9.17) is 4.74 Å². The Morgan fingerprint density at radius 3 is 2.70 bits per heavy atom. The summed E-state index contributed by atoms with van der Waals surface area (Å²) >= 11 is 0. The van der Waals surface area contributed by atoms with Crippen LogP contribution in [0.5, 0.6) is 0 Å². The van der Waals surface area contributed by atoms with E-state index in [1.807, 2.05) is 0 Å². The maximum Gasteiger partial charge on any atom is 0.293 e. The highest BCUT2D eigenvalue weighted by molar-refractivity contribution is 5.38. The van der Waals surface area contributed by atoms with Crippen molar-refractivity contribution in [1.82, 2.24) is 10.9 Å². The molecule has 56 valence electrons. The zero-order chi connectivity index (χ0) is 7.03. The van der Waals surface area contributed by atoms with Gasteiger partial charge in [-0.1, -0.05) is 0 Å². The normalized spacial score (nSPS) is 43.8. The lowest BCUT2D eigenvalue weighted by Gasteiger charge is -2.53. The Bertz CT molecular complexity index is 148. The molecule has 2 N–H and O–H groups in total. The quantitative estimate of drug-likeness (QED) is 0.494. The summed E-state index contributed by atoms with van der Waals surface area (Å²) in [6.07, 6.45) is 2.07. The molecule has 1 spiro atoms. The molecule has 0 amide bonds. The van der Waals surface area contributed by atoms with Crippen LogP contribution >= 0.6 is 0 Å². The minimum absolute atomic E-state index is 0.159. The second-order valence-corrected chi connectivity index (χ2v) is 3.02. The number of rotatable bonds is 2. The third-order valence-corrected chi connectivity index (χ3v) is 2.27. The molecule has 0 aromatic rings. The average Bonchev–Trinajstić information content (AvgIpc) is 1.72. The van der Waals surface area contributed by atoms with Gasteiger partial charge in [-0.3, -0.25) is 15.6 Å². The summed E-state index contributed by atoms with van der Waals surface area (Å²) in [4.78, 5) is 9.87. The van der Waals surface area contributed by atoms with E-state index in [9.17, 15) is 4.79 Å². The summed E-state index contributed by atoms with van der Waals surface area (Å²) in [5, 5.41) is 0. The minimum Gasteiger partial charge on any atom is -0.464 e.